The van der Waals surface area contributed by atoms with E-state index in [0.717, 1.165) is 40.4 Å². The number of para-hydroxylation sites is 1. The number of carbonyl (C=O) groups excluding carboxylic acids is 1. The zero-order valence-electron chi connectivity index (χ0n) is 22.5. The quantitative estimate of drug-likeness (QED) is 0.191. The zero-order chi connectivity index (χ0) is 28.1. The fraction of sp³-hybridized carbons (Fsp3) is 0.312. The monoisotopic (exact) mass is 577 g/mol. The number of rotatable bonds is 12. The van der Waals surface area contributed by atoms with E-state index in [4.69, 9.17) is 38.4 Å². The third-order valence-corrected chi connectivity index (χ3v) is 7.67. The Morgan fingerprint density at radius 3 is 2.42 bits per heavy atom. The molecule has 1 fully saturated rings. The van der Waals surface area contributed by atoms with Gasteiger partial charge in [-0.1, -0.05) is 59.6 Å². The first-order valence-corrected chi connectivity index (χ1v) is 14.3. The van der Waals surface area contributed by atoms with Crippen molar-refractivity contribution in [2.24, 2.45) is 11.7 Å². The van der Waals surface area contributed by atoms with Gasteiger partial charge in [0, 0.05) is 30.7 Å². The van der Waals surface area contributed by atoms with Crippen molar-refractivity contribution in [3.63, 3.8) is 0 Å². The summed E-state index contributed by atoms with van der Waals surface area (Å²) in [6, 6.07) is 21.8. The molecule has 1 atom stereocenters. The van der Waals surface area contributed by atoms with E-state index in [1.807, 2.05) is 72.5 Å². The Labute approximate surface area is 245 Å². The number of aryl methyl sites for hydroxylation is 1. The molecule has 1 aliphatic carbocycles. The first kappa shape index (κ1) is 28.2. The number of benzene rings is 3. The standard InChI is InChI=1S/C32H33Cl2N3O3/c1-21-16-28(33)31(29(34)17-21)40-15-14-39-27-11-7-22(8-12-27)18-25(19-35)32(38)37(26-9-10-26)20-24-5-2-4-23-6-3-13-36-30(23)24/h2-8,11-13,16-17,25-26H,9-10,14-15,18-20,35H2,1H3. The lowest BCUT2D eigenvalue weighted by Crippen LogP contribution is -2.41. The Morgan fingerprint density at radius 2 is 1.73 bits per heavy atom. The summed E-state index contributed by atoms with van der Waals surface area (Å²) in [7, 11) is 0. The van der Waals surface area contributed by atoms with Crippen LogP contribution in [0, 0.1) is 12.8 Å². The van der Waals surface area contributed by atoms with Crippen LogP contribution in [0.1, 0.15) is 29.5 Å². The Bertz CT molecular complexity index is 1450. The summed E-state index contributed by atoms with van der Waals surface area (Å²) in [5.74, 6) is 0.978. The van der Waals surface area contributed by atoms with E-state index in [9.17, 15) is 4.79 Å². The Morgan fingerprint density at radius 1 is 1.02 bits per heavy atom. The van der Waals surface area contributed by atoms with Crippen molar-refractivity contribution in [2.75, 3.05) is 19.8 Å². The van der Waals surface area contributed by atoms with E-state index in [0.29, 0.717) is 47.7 Å². The molecule has 1 saturated carbocycles. The van der Waals surface area contributed by atoms with Gasteiger partial charge in [-0.3, -0.25) is 9.78 Å². The first-order valence-electron chi connectivity index (χ1n) is 13.6. The highest BCUT2D eigenvalue weighted by atomic mass is 35.5. The molecule has 8 heteroatoms. The molecule has 3 aromatic carbocycles. The van der Waals surface area contributed by atoms with E-state index in [1.165, 1.54) is 0 Å². The maximum absolute atomic E-state index is 13.7. The van der Waals surface area contributed by atoms with Gasteiger partial charge in [-0.2, -0.15) is 0 Å². The lowest BCUT2D eigenvalue weighted by molar-refractivity contribution is -0.136. The maximum Gasteiger partial charge on any atom is 0.227 e. The molecular formula is C32H33Cl2N3O3. The molecule has 0 bridgehead atoms. The first-order chi connectivity index (χ1) is 19.4. The molecule has 0 aliphatic heterocycles. The molecule has 1 unspecified atom stereocenters. The van der Waals surface area contributed by atoms with E-state index >= 15 is 0 Å². The number of carbonyl (C=O) groups is 1. The lowest BCUT2D eigenvalue weighted by atomic mass is 9.97. The predicted octanol–water partition coefficient (Wildman–Crippen LogP) is 6.62. The fourth-order valence-corrected chi connectivity index (χ4v) is 5.60. The van der Waals surface area contributed by atoms with Gasteiger partial charge in [0.25, 0.3) is 0 Å². The summed E-state index contributed by atoms with van der Waals surface area (Å²) < 4.78 is 11.6. The minimum absolute atomic E-state index is 0.101. The molecule has 6 nitrogen and oxygen atoms in total. The van der Waals surface area contributed by atoms with E-state index in [2.05, 4.69) is 11.1 Å². The van der Waals surface area contributed by atoms with Crippen LogP contribution in [0.2, 0.25) is 10.0 Å². The number of nitrogens with two attached hydrogens (primary N) is 1. The summed E-state index contributed by atoms with van der Waals surface area (Å²) >= 11 is 12.5. The summed E-state index contributed by atoms with van der Waals surface area (Å²) in [6.07, 6.45) is 4.42. The van der Waals surface area contributed by atoms with Gasteiger partial charge in [0.1, 0.15) is 19.0 Å². The van der Waals surface area contributed by atoms with Crippen molar-refractivity contribution in [3.05, 3.63) is 99.7 Å². The number of hydrogen-bond donors (Lipinski definition) is 1. The lowest BCUT2D eigenvalue weighted by Gasteiger charge is -2.27. The number of fused-ring (bicyclic) bond motifs is 1. The summed E-state index contributed by atoms with van der Waals surface area (Å²) in [4.78, 5) is 20.3. The minimum Gasteiger partial charge on any atom is -0.490 e. The van der Waals surface area contributed by atoms with Crippen LogP contribution < -0.4 is 15.2 Å². The number of halogens is 2. The fourth-order valence-electron chi connectivity index (χ4n) is 4.89. The van der Waals surface area contributed by atoms with Crippen molar-refractivity contribution in [1.82, 2.24) is 9.88 Å². The Hall–Kier alpha value is -3.32. The molecule has 208 valence electrons. The van der Waals surface area contributed by atoms with Gasteiger partial charge < -0.3 is 20.1 Å². The SMILES string of the molecule is Cc1cc(Cl)c(OCCOc2ccc(CC(CN)C(=O)N(Cc3cccc4cccnc34)C3CC3)cc2)c(Cl)c1. The number of aromatic nitrogens is 1. The summed E-state index contributed by atoms with van der Waals surface area (Å²) in [5.41, 5.74) is 10.1. The minimum atomic E-state index is -0.298. The highest BCUT2D eigenvalue weighted by Crippen LogP contribution is 2.34. The number of nitrogens with zero attached hydrogens (tertiary/aromatic N) is 2. The smallest absolute Gasteiger partial charge is 0.227 e. The molecule has 0 saturated heterocycles. The molecule has 1 aromatic heterocycles. The van der Waals surface area contributed by atoms with Crippen LogP contribution in [0.15, 0.2) is 72.9 Å². The Kier molecular flexibility index (Phi) is 9.10. The van der Waals surface area contributed by atoms with Crippen molar-refractivity contribution in [2.45, 2.75) is 38.8 Å². The van der Waals surface area contributed by atoms with Gasteiger partial charge in [-0.25, -0.2) is 0 Å². The number of amides is 1. The molecule has 0 spiro atoms. The maximum atomic E-state index is 13.7. The van der Waals surface area contributed by atoms with Crippen LogP contribution >= 0.6 is 23.2 Å². The van der Waals surface area contributed by atoms with Crippen LogP contribution in [0.5, 0.6) is 11.5 Å². The second kappa shape index (κ2) is 12.9. The average Bonchev–Trinajstić information content (AvgIpc) is 3.79. The van der Waals surface area contributed by atoms with Crippen molar-refractivity contribution in [1.29, 1.82) is 0 Å². The highest BCUT2D eigenvalue weighted by molar-refractivity contribution is 6.37. The van der Waals surface area contributed by atoms with Gasteiger partial charge in [0.15, 0.2) is 5.75 Å². The molecule has 5 rings (SSSR count). The molecule has 1 aliphatic rings. The summed E-state index contributed by atoms with van der Waals surface area (Å²) in [5, 5.41) is 2.04. The normalized spacial score (nSPS) is 13.7. The predicted molar refractivity (Wildman–Crippen MR) is 160 cm³/mol. The molecule has 1 amide bonds. The number of hydrogen-bond acceptors (Lipinski definition) is 5. The van der Waals surface area contributed by atoms with Crippen LogP contribution in [0.25, 0.3) is 10.9 Å². The molecule has 0 radical (unpaired) electrons. The summed E-state index contributed by atoms with van der Waals surface area (Å²) in [6.45, 7) is 3.39. The number of ether oxygens (including phenoxy) is 2. The molecule has 2 N–H and O–H groups in total. The van der Waals surface area contributed by atoms with Crippen molar-refractivity contribution in [3.8, 4) is 11.5 Å². The van der Waals surface area contributed by atoms with Gasteiger partial charge in [0.2, 0.25) is 5.91 Å². The molecular weight excluding hydrogens is 545 g/mol. The number of pyridine rings is 1. The van der Waals surface area contributed by atoms with Crippen LogP contribution in [-0.2, 0) is 17.8 Å². The highest BCUT2D eigenvalue weighted by Gasteiger charge is 2.35. The van der Waals surface area contributed by atoms with Crippen molar-refractivity contribution < 1.29 is 14.3 Å². The Balaban J connectivity index is 1.17. The topological polar surface area (TPSA) is 77.7 Å². The van der Waals surface area contributed by atoms with E-state index in [-0.39, 0.29) is 24.4 Å². The van der Waals surface area contributed by atoms with Crippen molar-refractivity contribution >= 4 is 40.0 Å². The van der Waals surface area contributed by atoms with E-state index < -0.39 is 0 Å². The third kappa shape index (κ3) is 6.87. The van der Waals surface area contributed by atoms with Gasteiger partial charge in [-0.15, -0.1) is 0 Å². The second-order valence-electron chi connectivity index (χ2n) is 10.2. The average molecular weight is 579 g/mol. The molecule has 4 aromatic rings. The molecule has 40 heavy (non-hydrogen) atoms. The van der Waals surface area contributed by atoms with Gasteiger partial charge >= 0.3 is 0 Å². The van der Waals surface area contributed by atoms with Crippen LogP contribution in [0.3, 0.4) is 0 Å². The van der Waals surface area contributed by atoms with Gasteiger partial charge in [0.05, 0.1) is 21.5 Å². The van der Waals surface area contributed by atoms with Crippen LogP contribution in [0.4, 0.5) is 0 Å². The van der Waals surface area contributed by atoms with E-state index in [1.54, 1.807) is 6.20 Å². The second-order valence-corrected chi connectivity index (χ2v) is 11.0. The third-order valence-electron chi connectivity index (χ3n) is 7.11. The zero-order valence-corrected chi connectivity index (χ0v) is 24.0. The molecule has 1 heterocycles. The van der Waals surface area contributed by atoms with Crippen LogP contribution in [-0.4, -0.2) is 41.6 Å². The van der Waals surface area contributed by atoms with Gasteiger partial charge in [-0.05, 0) is 73.2 Å². The largest absolute Gasteiger partial charge is 0.490 e.